The Kier molecular flexibility index (Phi) is 5.68. The van der Waals surface area contributed by atoms with Crippen LogP contribution < -0.4 is 4.90 Å². The standard InChI is InChI=1S/C27H30BrNO2/c1-2-3-4-6-17-13-14-29-25(18-9-11-20(28)12-10-18)22-8-5-7-21(22)24-16-19(27(30)31)15-23(17)26(24)29/h5,7,9-12,15-17,21-22,25H,2-4,6,8,13-14H2,1H3,(H,30,31)/t17-,21+,22-,25-/m0/s1. The van der Waals surface area contributed by atoms with Crippen LogP contribution in [0.1, 0.15) is 90.4 Å². The molecule has 0 aromatic heterocycles. The third-order valence-corrected chi connectivity index (χ3v) is 8.07. The van der Waals surface area contributed by atoms with Crippen molar-refractivity contribution < 1.29 is 9.90 Å². The Morgan fingerprint density at radius 2 is 1.94 bits per heavy atom. The summed E-state index contributed by atoms with van der Waals surface area (Å²) in [4.78, 5) is 14.6. The summed E-state index contributed by atoms with van der Waals surface area (Å²) in [5.74, 6) is 0.412. The molecule has 1 N–H and O–H groups in total. The van der Waals surface area contributed by atoms with Gasteiger partial charge >= 0.3 is 5.97 Å². The fraction of sp³-hybridized carbons (Fsp3) is 0.444. The molecule has 2 heterocycles. The van der Waals surface area contributed by atoms with Crippen molar-refractivity contribution in [3.8, 4) is 0 Å². The van der Waals surface area contributed by atoms with Crippen LogP contribution in [0.15, 0.2) is 53.0 Å². The summed E-state index contributed by atoms with van der Waals surface area (Å²) in [5, 5.41) is 9.85. The van der Waals surface area contributed by atoms with Gasteiger partial charge in [-0.15, -0.1) is 0 Å². The van der Waals surface area contributed by atoms with Crippen LogP contribution >= 0.6 is 15.9 Å². The van der Waals surface area contributed by atoms with Gasteiger partial charge < -0.3 is 10.0 Å². The van der Waals surface area contributed by atoms with E-state index in [1.54, 1.807) is 0 Å². The van der Waals surface area contributed by atoms with Gasteiger partial charge in [0.1, 0.15) is 0 Å². The number of hydrogen-bond donors (Lipinski definition) is 1. The topological polar surface area (TPSA) is 40.5 Å². The van der Waals surface area contributed by atoms with Gasteiger partial charge in [-0.3, -0.25) is 0 Å². The number of anilines is 1. The van der Waals surface area contributed by atoms with Gasteiger partial charge in [0, 0.05) is 22.6 Å². The molecular weight excluding hydrogens is 450 g/mol. The van der Waals surface area contributed by atoms with E-state index in [0.29, 0.717) is 29.4 Å². The Morgan fingerprint density at radius 3 is 2.68 bits per heavy atom. The van der Waals surface area contributed by atoms with E-state index in [9.17, 15) is 9.90 Å². The Bertz CT molecular complexity index is 1010. The fourth-order valence-electron chi connectivity index (χ4n) is 6.13. The van der Waals surface area contributed by atoms with E-state index in [1.807, 2.05) is 12.1 Å². The van der Waals surface area contributed by atoms with Gasteiger partial charge in [0.25, 0.3) is 0 Å². The monoisotopic (exact) mass is 479 g/mol. The first-order valence-electron chi connectivity index (χ1n) is 11.7. The predicted molar refractivity (Wildman–Crippen MR) is 129 cm³/mol. The lowest BCUT2D eigenvalue weighted by Gasteiger charge is -2.50. The highest BCUT2D eigenvalue weighted by atomic mass is 79.9. The molecule has 4 atom stereocenters. The lowest BCUT2D eigenvalue weighted by molar-refractivity contribution is 0.0696. The molecule has 2 aromatic carbocycles. The molecule has 0 spiro atoms. The highest BCUT2D eigenvalue weighted by Crippen LogP contribution is 2.57. The van der Waals surface area contributed by atoms with Gasteiger partial charge in [-0.1, -0.05) is 66.4 Å². The molecule has 0 amide bonds. The molecule has 0 radical (unpaired) electrons. The summed E-state index contributed by atoms with van der Waals surface area (Å²) < 4.78 is 1.11. The summed E-state index contributed by atoms with van der Waals surface area (Å²) in [6.45, 7) is 3.29. The number of rotatable bonds is 6. The number of allylic oxidation sites excluding steroid dienone is 2. The predicted octanol–water partition coefficient (Wildman–Crippen LogP) is 7.44. The zero-order valence-electron chi connectivity index (χ0n) is 18.1. The van der Waals surface area contributed by atoms with Gasteiger partial charge in [0.05, 0.1) is 11.6 Å². The molecule has 162 valence electrons. The summed E-state index contributed by atoms with van der Waals surface area (Å²) in [7, 11) is 0. The van der Waals surface area contributed by atoms with Crippen LogP contribution in [0.5, 0.6) is 0 Å². The Hall–Kier alpha value is -2.07. The molecule has 0 fully saturated rings. The Labute approximate surface area is 193 Å². The van der Waals surface area contributed by atoms with Crippen LogP contribution in [0.25, 0.3) is 0 Å². The average Bonchev–Trinajstić information content (AvgIpc) is 3.26. The molecule has 3 aliphatic rings. The van der Waals surface area contributed by atoms with Gasteiger partial charge in [0.15, 0.2) is 0 Å². The maximum atomic E-state index is 12.0. The van der Waals surface area contributed by atoms with Crippen molar-refractivity contribution in [3.63, 3.8) is 0 Å². The number of carboxylic acids is 1. The van der Waals surface area contributed by atoms with Gasteiger partial charge in [-0.05, 0) is 72.1 Å². The molecule has 0 bridgehead atoms. The van der Waals surface area contributed by atoms with Crippen LogP contribution in [0, 0.1) is 5.92 Å². The van der Waals surface area contributed by atoms with E-state index < -0.39 is 5.97 Å². The zero-order valence-corrected chi connectivity index (χ0v) is 19.6. The maximum absolute atomic E-state index is 12.0. The van der Waals surface area contributed by atoms with Crippen LogP contribution in [0.2, 0.25) is 0 Å². The Balaban J connectivity index is 1.64. The number of nitrogens with zero attached hydrogens (tertiary/aromatic N) is 1. The van der Waals surface area contributed by atoms with Crippen molar-refractivity contribution in [3.05, 3.63) is 75.3 Å². The number of benzene rings is 2. The van der Waals surface area contributed by atoms with E-state index >= 15 is 0 Å². The number of hydrogen-bond acceptors (Lipinski definition) is 2. The first-order valence-corrected chi connectivity index (χ1v) is 12.5. The Morgan fingerprint density at radius 1 is 1.16 bits per heavy atom. The second kappa shape index (κ2) is 8.46. The second-order valence-electron chi connectivity index (χ2n) is 9.33. The molecule has 2 aromatic rings. The molecule has 0 saturated heterocycles. The van der Waals surface area contributed by atoms with E-state index in [1.165, 1.54) is 41.6 Å². The minimum atomic E-state index is -0.808. The SMILES string of the molecule is CCCCC[C@H]1CCN2c3c1cc(C(=O)O)cc3[C@@H]1C=CC[C@@H]1[C@@H]2c1ccc(Br)cc1. The minimum absolute atomic E-state index is 0.298. The average molecular weight is 480 g/mol. The number of fused-ring (bicyclic) bond motifs is 2. The first-order chi connectivity index (χ1) is 15.1. The smallest absolute Gasteiger partial charge is 0.335 e. The molecule has 31 heavy (non-hydrogen) atoms. The van der Waals surface area contributed by atoms with Gasteiger partial charge in [-0.25, -0.2) is 4.79 Å². The quantitative estimate of drug-likeness (QED) is 0.345. The molecule has 5 rings (SSSR count). The van der Waals surface area contributed by atoms with Crippen LogP contribution in [-0.2, 0) is 0 Å². The number of aromatic carboxylic acids is 1. The molecule has 3 nitrogen and oxygen atoms in total. The molecule has 0 saturated carbocycles. The van der Waals surface area contributed by atoms with Crippen molar-refractivity contribution in [1.82, 2.24) is 0 Å². The van der Waals surface area contributed by atoms with E-state index in [0.717, 1.165) is 30.3 Å². The van der Waals surface area contributed by atoms with Crippen LogP contribution in [0.4, 0.5) is 5.69 Å². The molecule has 4 heteroatoms. The summed E-state index contributed by atoms with van der Waals surface area (Å²) in [6, 6.07) is 13.1. The van der Waals surface area contributed by atoms with E-state index in [2.05, 4.69) is 64.2 Å². The van der Waals surface area contributed by atoms with Gasteiger partial charge in [-0.2, -0.15) is 0 Å². The van der Waals surface area contributed by atoms with Crippen LogP contribution in [0.3, 0.4) is 0 Å². The van der Waals surface area contributed by atoms with Crippen molar-refractivity contribution in [2.24, 2.45) is 5.92 Å². The summed E-state index contributed by atoms with van der Waals surface area (Å²) in [6.07, 6.45) is 11.6. The molecule has 2 aliphatic heterocycles. The normalized spacial score (nSPS) is 25.9. The highest BCUT2D eigenvalue weighted by Gasteiger charge is 2.45. The van der Waals surface area contributed by atoms with Crippen molar-refractivity contribution >= 4 is 27.6 Å². The third-order valence-electron chi connectivity index (χ3n) is 7.54. The van der Waals surface area contributed by atoms with Crippen molar-refractivity contribution in [1.29, 1.82) is 0 Å². The number of carbonyl (C=O) groups is 1. The number of unbranched alkanes of at least 4 members (excludes halogenated alkanes) is 2. The second-order valence-corrected chi connectivity index (χ2v) is 10.2. The summed E-state index contributed by atoms with van der Waals surface area (Å²) in [5.41, 5.74) is 5.67. The van der Waals surface area contributed by atoms with E-state index in [4.69, 9.17) is 0 Å². The van der Waals surface area contributed by atoms with Crippen molar-refractivity contribution in [2.75, 3.05) is 11.4 Å². The van der Waals surface area contributed by atoms with Gasteiger partial charge in [0.2, 0.25) is 0 Å². The minimum Gasteiger partial charge on any atom is -0.478 e. The molecular formula is C27H30BrNO2. The van der Waals surface area contributed by atoms with E-state index in [-0.39, 0.29) is 0 Å². The zero-order chi connectivity index (χ0) is 21.5. The highest BCUT2D eigenvalue weighted by molar-refractivity contribution is 9.10. The summed E-state index contributed by atoms with van der Waals surface area (Å²) >= 11 is 3.58. The lowest BCUT2D eigenvalue weighted by Crippen LogP contribution is -2.43. The molecule has 1 aliphatic carbocycles. The molecule has 0 unspecified atom stereocenters. The van der Waals surface area contributed by atoms with Crippen molar-refractivity contribution in [2.45, 2.75) is 63.3 Å². The number of carboxylic acid groups (broad SMARTS) is 1. The largest absolute Gasteiger partial charge is 0.478 e. The fourth-order valence-corrected chi connectivity index (χ4v) is 6.40. The number of halogens is 1. The maximum Gasteiger partial charge on any atom is 0.335 e. The first kappa shape index (κ1) is 20.8. The van der Waals surface area contributed by atoms with Crippen LogP contribution in [-0.4, -0.2) is 17.6 Å². The third kappa shape index (κ3) is 3.63. The lowest BCUT2D eigenvalue weighted by atomic mass is 9.71.